The molecule has 2 rings (SSSR count). The van der Waals surface area contributed by atoms with E-state index in [0.717, 1.165) is 30.9 Å². The summed E-state index contributed by atoms with van der Waals surface area (Å²) in [6.07, 6.45) is 5.53. The van der Waals surface area contributed by atoms with Gasteiger partial charge in [0.1, 0.15) is 0 Å². The van der Waals surface area contributed by atoms with Crippen LogP contribution >= 0.6 is 0 Å². The van der Waals surface area contributed by atoms with Crippen LogP contribution in [0.3, 0.4) is 0 Å². The standard InChI is InChI=1S/C17H27N5/c1-13(2)22(14(3)4)9-8-19-11-16-12-20-21-17(16)15-6-5-7-18-10-15/h5-7,10,12-14,19H,8-9,11H2,1-4H3,(H,20,21). The molecule has 22 heavy (non-hydrogen) atoms. The van der Waals surface area contributed by atoms with Gasteiger partial charge in [-0.2, -0.15) is 5.10 Å². The van der Waals surface area contributed by atoms with E-state index in [1.54, 1.807) is 6.20 Å². The highest BCUT2D eigenvalue weighted by atomic mass is 15.2. The van der Waals surface area contributed by atoms with Crippen LogP contribution in [-0.2, 0) is 6.54 Å². The average Bonchev–Trinajstić information content (AvgIpc) is 2.95. The average molecular weight is 301 g/mol. The van der Waals surface area contributed by atoms with Gasteiger partial charge in [-0.1, -0.05) is 0 Å². The number of hydrogen-bond acceptors (Lipinski definition) is 4. The maximum Gasteiger partial charge on any atom is 0.0710 e. The Morgan fingerprint density at radius 3 is 2.59 bits per heavy atom. The molecule has 0 saturated heterocycles. The number of aromatic nitrogens is 3. The molecule has 0 unspecified atom stereocenters. The molecule has 0 aliphatic rings. The zero-order chi connectivity index (χ0) is 15.9. The van der Waals surface area contributed by atoms with Gasteiger partial charge in [0, 0.05) is 55.2 Å². The zero-order valence-electron chi connectivity index (χ0n) is 14.0. The number of H-pyrrole nitrogens is 1. The number of nitrogens with zero attached hydrogens (tertiary/aromatic N) is 3. The van der Waals surface area contributed by atoms with Gasteiger partial charge >= 0.3 is 0 Å². The summed E-state index contributed by atoms with van der Waals surface area (Å²) in [5.74, 6) is 0. The third kappa shape index (κ3) is 4.39. The predicted molar refractivity (Wildman–Crippen MR) is 90.5 cm³/mol. The van der Waals surface area contributed by atoms with Crippen molar-refractivity contribution in [3.05, 3.63) is 36.3 Å². The maximum atomic E-state index is 4.17. The van der Waals surface area contributed by atoms with Crippen LogP contribution in [-0.4, -0.2) is 45.3 Å². The largest absolute Gasteiger partial charge is 0.311 e. The molecule has 0 aromatic carbocycles. The SMILES string of the molecule is CC(C)N(CCNCc1cn[nH]c1-c1cccnc1)C(C)C. The van der Waals surface area contributed by atoms with Gasteiger partial charge in [-0.15, -0.1) is 0 Å². The smallest absolute Gasteiger partial charge is 0.0710 e. The molecule has 5 nitrogen and oxygen atoms in total. The first-order valence-corrected chi connectivity index (χ1v) is 7.98. The molecule has 0 spiro atoms. The fourth-order valence-corrected chi connectivity index (χ4v) is 2.75. The van der Waals surface area contributed by atoms with Crippen molar-refractivity contribution in [2.75, 3.05) is 13.1 Å². The lowest BCUT2D eigenvalue weighted by molar-refractivity contribution is 0.176. The van der Waals surface area contributed by atoms with Gasteiger partial charge < -0.3 is 5.32 Å². The van der Waals surface area contributed by atoms with Gasteiger partial charge in [-0.25, -0.2) is 0 Å². The van der Waals surface area contributed by atoms with E-state index < -0.39 is 0 Å². The van der Waals surface area contributed by atoms with Crippen molar-refractivity contribution in [2.45, 2.75) is 46.3 Å². The van der Waals surface area contributed by atoms with Gasteiger partial charge in [-0.3, -0.25) is 15.0 Å². The second-order valence-corrected chi connectivity index (χ2v) is 6.11. The molecule has 2 aromatic heterocycles. The summed E-state index contributed by atoms with van der Waals surface area (Å²) in [4.78, 5) is 6.66. The van der Waals surface area contributed by atoms with Gasteiger partial charge in [0.05, 0.1) is 11.9 Å². The predicted octanol–water partition coefficient (Wildman–Crippen LogP) is 2.68. The normalized spacial score (nSPS) is 11.8. The van der Waals surface area contributed by atoms with Crippen molar-refractivity contribution >= 4 is 0 Å². The summed E-state index contributed by atoms with van der Waals surface area (Å²) in [7, 11) is 0. The van der Waals surface area contributed by atoms with E-state index in [9.17, 15) is 0 Å². The molecule has 0 radical (unpaired) electrons. The molecule has 0 aliphatic carbocycles. The third-order valence-corrected chi connectivity index (χ3v) is 3.86. The second-order valence-electron chi connectivity index (χ2n) is 6.11. The van der Waals surface area contributed by atoms with Gasteiger partial charge in [0.15, 0.2) is 0 Å². The number of aromatic amines is 1. The van der Waals surface area contributed by atoms with Crippen LogP contribution in [0.4, 0.5) is 0 Å². The summed E-state index contributed by atoms with van der Waals surface area (Å²) in [6.45, 7) is 11.8. The van der Waals surface area contributed by atoms with Crippen LogP contribution in [0.15, 0.2) is 30.7 Å². The molecule has 0 saturated carbocycles. The number of pyridine rings is 1. The first-order chi connectivity index (χ1) is 10.6. The Balaban J connectivity index is 1.87. The monoisotopic (exact) mass is 301 g/mol. The van der Waals surface area contributed by atoms with Crippen LogP contribution in [0, 0.1) is 0 Å². The lowest BCUT2D eigenvalue weighted by Gasteiger charge is -2.30. The Kier molecular flexibility index (Phi) is 6.10. The first kappa shape index (κ1) is 16.6. The Hall–Kier alpha value is -1.72. The second kappa shape index (κ2) is 8.06. The minimum atomic E-state index is 0.571. The first-order valence-electron chi connectivity index (χ1n) is 7.98. The Morgan fingerprint density at radius 2 is 1.95 bits per heavy atom. The molecule has 0 atom stereocenters. The van der Waals surface area contributed by atoms with Crippen LogP contribution in [0.5, 0.6) is 0 Å². The molecule has 5 heteroatoms. The maximum absolute atomic E-state index is 4.17. The third-order valence-electron chi connectivity index (χ3n) is 3.86. The lowest BCUT2D eigenvalue weighted by atomic mass is 10.1. The zero-order valence-corrected chi connectivity index (χ0v) is 14.0. The fourth-order valence-electron chi connectivity index (χ4n) is 2.75. The minimum absolute atomic E-state index is 0.571. The Morgan fingerprint density at radius 1 is 1.18 bits per heavy atom. The topological polar surface area (TPSA) is 56.8 Å². The van der Waals surface area contributed by atoms with E-state index in [0.29, 0.717) is 12.1 Å². The number of nitrogens with one attached hydrogen (secondary N) is 2. The van der Waals surface area contributed by atoms with Crippen molar-refractivity contribution in [2.24, 2.45) is 0 Å². The number of hydrogen-bond donors (Lipinski definition) is 2. The van der Waals surface area contributed by atoms with Crippen molar-refractivity contribution in [1.29, 1.82) is 0 Å². The molecule has 0 amide bonds. The molecular formula is C17H27N5. The van der Waals surface area contributed by atoms with Gasteiger partial charge in [0.25, 0.3) is 0 Å². The van der Waals surface area contributed by atoms with E-state index in [1.807, 2.05) is 24.5 Å². The summed E-state index contributed by atoms with van der Waals surface area (Å²) >= 11 is 0. The quantitative estimate of drug-likeness (QED) is 0.736. The lowest BCUT2D eigenvalue weighted by Crippen LogP contribution is -2.41. The molecule has 2 N–H and O–H groups in total. The molecule has 120 valence electrons. The van der Waals surface area contributed by atoms with Crippen LogP contribution < -0.4 is 5.32 Å². The van der Waals surface area contributed by atoms with Gasteiger partial charge in [-0.05, 0) is 39.8 Å². The highest BCUT2D eigenvalue weighted by Gasteiger charge is 2.12. The molecule has 0 fully saturated rings. The van der Waals surface area contributed by atoms with Crippen molar-refractivity contribution in [3.8, 4) is 11.3 Å². The summed E-state index contributed by atoms with van der Waals surface area (Å²) in [6, 6.07) is 5.13. The summed E-state index contributed by atoms with van der Waals surface area (Å²) in [5, 5.41) is 10.7. The summed E-state index contributed by atoms with van der Waals surface area (Å²) < 4.78 is 0. The van der Waals surface area contributed by atoms with E-state index in [4.69, 9.17) is 0 Å². The number of rotatable bonds is 8. The van der Waals surface area contributed by atoms with Crippen molar-refractivity contribution in [1.82, 2.24) is 25.4 Å². The van der Waals surface area contributed by atoms with E-state index in [2.05, 4.69) is 53.1 Å². The van der Waals surface area contributed by atoms with Crippen LogP contribution in [0.2, 0.25) is 0 Å². The van der Waals surface area contributed by atoms with Crippen LogP contribution in [0.25, 0.3) is 11.3 Å². The van der Waals surface area contributed by atoms with Crippen molar-refractivity contribution in [3.63, 3.8) is 0 Å². The van der Waals surface area contributed by atoms with E-state index >= 15 is 0 Å². The fraction of sp³-hybridized carbons (Fsp3) is 0.529. The van der Waals surface area contributed by atoms with E-state index in [-0.39, 0.29) is 0 Å². The minimum Gasteiger partial charge on any atom is -0.311 e. The highest BCUT2D eigenvalue weighted by Crippen LogP contribution is 2.19. The van der Waals surface area contributed by atoms with Gasteiger partial charge in [0.2, 0.25) is 0 Å². The highest BCUT2D eigenvalue weighted by molar-refractivity contribution is 5.61. The van der Waals surface area contributed by atoms with Crippen molar-refractivity contribution < 1.29 is 0 Å². The molecule has 0 aliphatic heterocycles. The molecule has 2 heterocycles. The molecule has 2 aromatic rings. The molecule has 0 bridgehead atoms. The van der Waals surface area contributed by atoms with Crippen LogP contribution in [0.1, 0.15) is 33.3 Å². The van der Waals surface area contributed by atoms with E-state index in [1.165, 1.54) is 5.56 Å². The Labute approximate surface area is 133 Å². The molecular weight excluding hydrogens is 274 g/mol. The Bertz CT molecular complexity index is 539. The summed E-state index contributed by atoms with van der Waals surface area (Å²) in [5.41, 5.74) is 3.29.